The number of pyridine rings is 1. The van der Waals surface area contributed by atoms with E-state index in [0.717, 1.165) is 69.2 Å². The summed E-state index contributed by atoms with van der Waals surface area (Å²) in [7, 11) is 0. The summed E-state index contributed by atoms with van der Waals surface area (Å²) in [5.41, 5.74) is 2.59. The van der Waals surface area contributed by atoms with Gasteiger partial charge in [0.1, 0.15) is 0 Å². The number of likely N-dealkylation sites (tertiary alicyclic amines) is 1. The van der Waals surface area contributed by atoms with Crippen molar-refractivity contribution in [1.82, 2.24) is 29.8 Å². The highest BCUT2D eigenvalue weighted by Crippen LogP contribution is 2.32. The third-order valence-electron chi connectivity index (χ3n) is 7.66. The zero-order chi connectivity index (χ0) is 25.1. The monoisotopic (exact) mass is 507 g/mol. The standard InChI is InChI=1S/C27H34ClN7O/c1-3-24(36)34-13-9-19(10-14-34)16-30-27(2)11-6-7-20(15-27)32-26-29-18-22(28)25(33-26)21-17-31-35-12-5-4-8-23(21)35/h3-5,8,12,17-20,30H,1,6-7,9-11,13-16H2,2H3,(H,29,32,33)/t20-,27+/m0/s1. The number of nitrogens with zero attached hydrogens (tertiary/aromatic N) is 5. The summed E-state index contributed by atoms with van der Waals surface area (Å²) < 4.78 is 1.82. The van der Waals surface area contributed by atoms with Crippen LogP contribution in [0.4, 0.5) is 5.95 Å². The molecule has 0 aromatic carbocycles. The maximum atomic E-state index is 11.8. The van der Waals surface area contributed by atoms with Gasteiger partial charge in [0.05, 0.1) is 28.6 Å². The van der Waals surface area contributed by atoms with E-state index in [4.69, 9.17) is 16.6 Å². The van der Waals surface area contributed by atoms with Crippen molar-refractivity contribution >= 4 is 29.0 Å². The molecular formula is C27H34ClN7O. The van der Waals surface area contributed by atoms with Crippen molar-refractivity contribution in [3.05, 3.63) is 54.5 Å². The lowest BCUT2D eigenvalue weighted by Crippen LogP contribution is -2.51. The van der Waals surface area contributed by atoms with Gasteiger partial charge in [0, 0.05) is 36.4 Å². The average molecular weight is 508 g/mol. The molecule has 5 rings (SSSR count). The zero-order valence-corrected chi connectivity index (χ0v) is 21.5. The molecule has 36 heavy (non-hydrogen) atoms. The molecule has 0 spiro atoms. The molecule has 3 aromatic rings. The highest BCUT2D eigenvalue weighted by atomic mass is 35.5. The fraction of sp³-hybridized carbons (Fsp3) is 0.481. The molecule has 1 saturated heterocycles. The number of aromatic nitrogens is 4. The molecule has 1 amide bonds. The van der Waals surface area contributed by atoms with E-state index in [9.17, 15) is 4.79 Å². The first-order chi connectivity index (χ1) is 17.4. The molecule has 1 saturated carbocycles. The first-order valence-corrected chi connectivity index (χ1v) is 13.2. The Kier molecular flexibility index (Phi) is 7.25. The van der Waals surface area contributed by atoms with E-state index in [-0.39, 0.29) is 17.5 Å². The van der Waals surface area contributed by atoms with E-state index in [0.29, 0.717) is 22.6 Å². The number of fused-ring (bicyclic) bond motifs is 1. The van der Waals surface area contributed by atoms with Crippen molar-refractivity contribution in [1.29, 1.82) is 0 Å². The number of amides is 1. The molecular weight excluding hydrogens is 474 g/mol. The summed E-state index contributed by atoms with van der Waals surface area (Å²) in [6.45, 7) is 8.55. The Morgan fingerprint density at radius 3 is 2.92 bits per heavy atom. The zero-order valence-electron chi connectivity index (χ0n) is 20.8. The lowest BCUT2D eigenvalue weighted by Gasteiger charge is -2.41. The molecule has 1 aliphatic heterocycles. The van der Waals surface area contributed by atoms with Crippen LogP contribution in [0.5, 0.6) is 0 Å². The predicted octanol–water partition coefficient (Wildman–Crippen LogP) is 4.57. The Balaban J connectivity index is 1.21. The van der Waals surface area contributed by atoms with Crippen LogP contribution in [0.3, 0.4) is 0 Å². The van der Waals surface area contributed by atoms with Crippen LogP contribution in [0.15, 0.2) is 49.4 Å². The highest BCUT2D eigenvalue weighted by molar-refractivity contribution is 6.33. The topological polar surface area (TPSA) is 87.5 Å². The van der Waals surface area contributed by atoms with Crippen molar-refractivity contribution in [3.8, 4) is 11.3 Å². The summed E-state index contributed by atoms with van der Waals surface area (Å²) in [5.74, 6) is 1.24. The Hall–Kier alpha value is -2.97. The number of carbonyl (C=O) groups is 1. The highest BCUT2D eigenvalue weighted by Gasteiger charge is 2.33. The molecule has 3 aromatic heterocycles. The molecule has 0 radical (unpaired) electrons. The van der Waals surface area contributed by atoms with Crippen molar-refractivity contribution in [2.75, 3.05) is 25.0 Å². The number of carbonyl (C=O) groups excluding carboxylic acids is 1. The van der Waals surface area contributed by atoms with Gasteiger partial charge in [-0.3, -0.25) is 4.79 Å². The smallest absolute Gasteiger partial charge is 0.245 e. The number of rotatable bonds is 7. The van der Waals surface area contributed by atoms with Crippen LogP contribution in [0, 0.1) is 5.92 Å². The van der Waals surface area contributed by atoms with Gasteiger partial charge in [-0.15, -0.1) is 0 Å². The molecule has 2 fully saturated rings. The second-order valence-corrected chi connectivity index (χ2v) is 10.7. The molecule has 2 N–H and O–H groups in total. The van der Waals surface area contributed by atoms with Crippen LogP contribution >= 0.6 is 11.6 Å². The van der Waals surface area contributed by atoms with E-state index in [1.165, 1.54) is 6.08 Å². The van der Waals surface area contributed by atoms with Gasteiger partial charge >= 0.3 is 0 Å². The molecule has 9 heteroatoms. The van der Waals surface area contributed by atoms with Crippen molar-refractivity contribution in [2.24, 2.45) is 5.92 Å². The van der Waals surface area contributed by atoms with Crippen LogP contribution in [-0.4, -0.2) is 61.6 Å². The predicted molar refractivity (Wildman–Crippen MR) is 143 cm³/mol. The third-order valence-corrected chi connectivity index (χ3v) is 7.93. The summed E-state index contributed by atoms with van der Waals surface area (Å²) in [6, 6.07) is 6.21. The van der Waals surface area contributed by atoms with Crippen molar-refractivity contribution in [2.45, 2.75) is 57.0 Å². The second-order valence-electron chi connectivity index (χ2n) is 10.3. The van der Waals surface area contributed by atoms with Crippen LogP contribution in [-0.2, 0) is 4.79 Å². The summed E-state index contributed by atoms with van der Waals surface area (Å²) in [6.07, 6.45) is 13.2. The second kappa shape index (κ2) is 10.6. The minimum Gasteiger partial charge on any atom is -0.351 e. The normalized spacial score (nSPS) is 23.1. The third kappa shape index (κ3) is 5.39. The molecule has 8 nitrogen and oxygen atoms in total. The number of halogens is 1. The van der Waals surface area contributed by atoms with Gasteiger partial charge in [-0.05, 0) is 76.1 Å². The molecule has 2 aliphatic rings. The summed E-state index contributed by atoms with van der Waals surface area (Å²) in [5, 5.41) is 12.4. The molecule has 0 unspecified atom stereocenters. The molecule has 190 valence electrons. The Morgan fingerprint density at radius 2 is 2.11 bits per heavy atom. The van der Waals surface area contributed by atoms with E-state index >= 15 is 0 Å². The molecule has 0 bridgehead atoms. The lowest BCUT2D eigenvalue weighted by molar-refractivity contribution is -0.127. The van der Waals surface area contributed by atoms with E-state index in [1.807, 2.05) is 33.8 Å². The number of hydrogen-bond acceptors (Lipinski definition) is 6. The maximum absolute atomic E-state index is 11.8. The molecule has 1 aliphatic carbocycles. The summed E-state index contributed by atoms with van der Waals surface area (Å²) in [4.78, 5) is 23.0. The van der Waals surface area contributed by atoms with Gasteiger partial charge < -0.3 is 15.5 Å². The van der Waals surface area contributed by atoms with Crippen LogP contribution in [0.2, 0.25) is 5.02 Å². The molecule has 2 atom stereocenters. The van der Waals surface area contributed by atoms with Gasteiger partial charge in [-0.1, -0.05) is 24.2 Å². The quantitative estimate of drug-likeness (QED) is 0.455. The Bertz CT molecular complexity index is 1240. The Labute approximate surface area is 217 Å². The maximum Gasteiger partial charge on any atom is 0.245 e. The minimum atomic E-state index is 0.0451. The SMILES string of the molecule is C=CC(=O)N1CCC(CN[C@]2(C)CCC[C@H](Nc3ncc(Cl)c(-c4cnn5ccccc45)n3)C2)CC1. The fourth-order valence-corrected chi connectivity index (χ4v) is 5.77. The fourth-order valence-electron chi connectivity index (χ4n) is 5.57. The van der Waals surface area contributed by atoms with Crippen LogP contribution in [0.25, 0.3) is 16.8 Å². The lowest BCUT2D eigenvalue weighted by atomic mass is 9.80. The van der Waals surface area contributed by atoms with Crippen LogP contribution in [0.1, 0.15) is 45.4 Å². The van der Waals surface area contributed by atoms with Gasteiger partial charge in [0.2, 0.25) is 11.9 Å². The van der Waals surface area contributed by atoms with Crippen molar-refractivity contribution < 1.29 is 4.79 Å². The number of hydrogen-bond donors (Lipinski definition) is 2. The Morgan fingerprint density at radius 1 is 1.28 bits per heavy atom. The molecule has 4 heterocycles. The average Bonchev–Trinajstić information content (AvgIpc) is 3.33. The summed E-state index contributed by atoms with van der Waals surface area (Å²) >= 11 is 6.50. The van der Waals surface area contributed by atoms with E-state index in [2.05, 4.69) is 34.2 Å². The number of piperidine rings is 1. The first-order valence-electron chi connectivity index (χ1n) is 12.8. The van der Waals surface area contributed by atoms with Gasteiger partial charge in [-0.25, -0.2) is 14.5 Å². The van der Waals surface area contributed by atoms with E-state index < -0.39 is 0 Å². The largest absolute Gasteiger partial charge is 0.351 e. The van der Waals surface area contributed by atoms with Gasteiger partial charge in [-0.2, -0.15) is 5.10 Å². The first kappa shape index (κ1) is 24.7. The van der Waals surface area contributed by atoms with Gasteiger partial charge in [0.25, 0.3) is 0 Å². The van der Waals surface area contributed by atoms with Crippen LogP contribution < -0.4 is 10.6 Å². The van der Waals surface area contributed by atoms with Gasteiger partial charge in [0.15, 0.2) is 0 Å². The number of nitrogens with one attached hydrogen (secondary N) is 2. The van der Waals surface area contributed by atoms with E-state index in [1.54, 1.807) is 12.4 Å². The minimum absolute atomic E-state index is 0.0451. The number of anilines is 1. The van der Waals surface area contributed by atoms with Crippen molar-refractivity contribution in [3.63, 3.8) is 0 Å².